The van der Waals surface area contributed by atoms with E-state index in [1.54, 1.807) is 0 Å². The molecule has 0 aromatic rings. The molecular weight excluding hydrogens is 260 g/mol. The smallest absolute Gasteiger partial charge is 0.333 e. The van der Waals surface area contributed by atoms with Gasteiger partial charge in [-0.15, -0.1) is 0 Å². The third kappa shape index (κ3) is 3.19. The Morgan fingerprint density at radius 2 is 1.95 bits per heavy atom. The minimum Gasteiger partial charge on any atom is -0.463 e. The zero-order chi connectivity index (χ0) is 15.6. The van der Waals surface area contributed by atoms with E-state index in [1.807, 2.05) is 13.8 Å². The zero-order valence-corrected chi connectivity index (χ0v) is 14.5. The highest BCUT2D eigenvalue weighted by Crippen LogP contribution is 2.55. The van der Waals surface area contributed by atoms with E-state index in [-0.39, 0.29) is 5.97 Å². The molecule has 0 N–H and O–H groups in total. The Bertz CT molecular complexity index is 419. The lowest BCUT2D eigenvalue weighted by atomic mass is 9.53. The number of carbonyl (C=O) groups is 1. The second-order valence-corrected chi connectivity index (χ2v) is 7.56. The normalized spacial score (nSPS) is 34.0. The van der Waals surface area contributed by atoms with Gasteiger partial charge >= 0.3 is 5.97 Å². The number of allylic oxidation sites excluding steroid dienone is 1. The molecule has 120 valence electrons. The van der Waals surface area contributed by atoms with Crippen LogP contribution in [-0.4, -0.2) is 12.6 Å². The highest BCUT2D eigenvalue weighted by molar-refractivity contribution is 5.88. The molecule has 21 heavy (non-hydrogen) atoms. The third-order valence-corrected chi connectivity index (χ3v) is 6.35. The van der Waals surface area contributed by atoms with Gasteiger partial charge in [0.2, 0.25) is 0 Å². The first-order chi connectivity index (χ1) is 9.91. The van der Waals surface area contributed by atoms with Gasteiger partial charge in [-0.25, -0.2) is 4.79 Å². The molecule has 2 aliphatic rings. The van der Waals surface area contributed by atoms with Crippen LogP contribution in [0.5, 0.6) is 0 Å². The van der Waals surface area contributed by atoms with Crippen LogP contribution in [-0.2, 0) is 9.53 Å². The van der Waals surface area contributed by atoms with Crippen molar-refractivity contribution in [2.45, 2.75) is 73.1 Å². The van der Waals surface area contributed by atoms with E-state index in [1.165, 1.54) is 31.3 Å². The van der Waals surface area contributed by atoms with E-state index in [0.29, 0.717) is 12.0 Å². The molecule has 2 rings (SSSR count). The van der Waals surface area contributed by atoms with Crippen molar-refractivity contribution in [3.63, 3.8) is 0 Å². The number of carbonyl (C=O) groups excluding carboxylic acids is 1. The van der Waals surface area contributed by atoms with Gasteiger partial charge in [0.15, 0.2) is 0 Å². The molecule has 0 heterocycles. The van der Waals surface area contributed by atoms with Crippen LogP contribution in [0.2, 0.25) is 0 Å². The van der Waals surface area contributed by atoms with Crippen LogP contribution in [0.4, 0.5) is 0 Å². The van der Waals surface area contributed by atoms with E-state index in [0.717, 1.165) is 36.2 Å². The van der Waals surface area contributed by atoms with Gasteiger partial charge in [0, 0.05) is 5.57 Å². The quantitative estimate of drug-likeness (QED) is 0.532. The van der Waals surface area contributed by atoms with Crippen molar-refractivity contribution in [1.29, 1.82) is 0 Å². The Morgan fingerprint density at radius 1 is 1.24 bits per heavy atom. The molecular formula is C19H32O2. The maximum absolute atomic E-state index is 12.0. The lowest BCUT2D eigenvalue weighted by Crippen LogP contribution is -2.43. The number of rotatable bonds is 3. The van der Waals surface area contributed by atoms with Crippen molar-refractivity contribution in [3.8, 4) is 0 Å². The molecule has 0 aromatic carbocycles. The second-order valence-electron chi connectivity index (χ2n) is 7.56. The van der Waals surface area contributed by atoms with Gasteiger partial charge in [-0.1, -0.05) is 32.8 Å². The molecule has 1 unspecified atom stereocenters. The average Bonchev–Trinajstić information content (AvgIpc) is 2.46. The van der Waals surface area contributed by atoms with Gasteiger partial charge in [0.25, 0.3) is 0 Å². The maximum Gasteiger partial charge on any atom is 0.333 e. The van der Waals surface area contributed by atoms with E-state index in [2.05, 4.69) is 20.8 Å². The molecule has 2 fully saturated rings. The number of esters is 1. The Morgan fingerprint density at radius 3 is 2.57 bits per heavy atom. The summed E-state index contributed by atoms with van der Waals surface area (Å²) in [5, 5.41) is 0. The summed E-state index contributed by atoms with van der Waals surface area (Å²) < 4.78 is 5.19. The SMILES string of the molecule is CCOC(=O)C(C)=C1CCC2CC[C@@H](CC)C(C)(C)[C@H]2C1. The molecule has 2 heteroatoms. The Labute approximate surface area is 130 Å². The lowest BCUT2D eigenvalue weighted by Gasteiger charge is -2.52. The van der Waals surface area contributed by atoms with E-state index < -0.39 is 0 Å². The monoisotopic (exact) mass is 292 g/mol. The molecule has 2 saturated carbocycles. The van der Waals surface area contributed by atoms with Gasteiger partial charge in [-0.2, -0.15) is 0 Å². The van der Waals surface area contributed by atoms with Gasteiger partial charge in [0.05, 0.1) is 6.61 Å². The van der Waals surface area contributed by atoms with Crippen LogP contribution in [0.1, 0.15) is 73.1 Å². The summed E-state index contributed by atoms with van der Waals surface area (Å²) in [7, 11) is 0. The molecule has 0 spiro atoms. The van der Waals surface area contributed by atoms with Gasteiger partial charge in [-0.3, -0.25) is 0 Å². The van der Waals surface area contributed by atoms with Crippen molar-refractivity contribution in [2.75, 3.05) is 6.61 Å². The van der Waals surface area contributed by atoms with Crippen LogP contribution in [0.25, 0.3) is 0 Å². The highest BCUT2D eigenvalue weighted by Gasteiger charge is 2.46. The summed E-state index contributed by atoms with van der Waals surface area (Å²) in [6.45, 7) is 11.6. The standard InChI is InChI=1S/C19H32O2/c1-6-16-11-10-14-8-9-15(12-17(14)19(16,4)5)13(3)18(20)21-7-2/h14,16-17H,6-12H2,1-5H3/t14?,16-,17+/m1/s1. The largest absolute Gasteiger partial charge is 0.463 e. The molecule has 3 atom stereocenters. The zero-order valence-electron chi connectivity index (χ0n) is 14.5. The Balaban J connectivity index is 2.19. The van der Waals surface area contributed by atoms with Crippen LogP contribution < -0.4 is 0 Å². The average molecular weight is 292 g/mol. The highest BCUT2D eigenvalue weighted by atomic mass is 16.5. The van der Waals surface area contributed by atoms with E-state index >= 15 is 0 Å². The van der Waals surface area contributed by atoms with E-state index in [4.69, 9.17) is 4.74 Å². The van der Waals surface area contributed by atoms with Crippen LogP contribution in [0.15, 0.2) is 11.1 Å². The third-order valence-electron chi connectivity index (χ3n) is 6.35. The van der Waals surface area contributed by atoms with Crippen molar-refractivity contribution in [3.05, 3.63) is 11.1 Å². The predicted molar refractivity (Wildman–Crippen MR) is 87.0 cm³/mol. The maximum atomic E-state index is 12.0. The first-order valence-electron chi connectivity index (χ1n) is 8.77. The summed E-state index contributed by atoms with van der Waals surface area (Å²) in [6, 6.07) is 0. The summed E-state index contributed by atoms with van der Waals surface area (Å²) in [6.07, 6.45) is 7.53. The van der Waals surface area contributed by atoms with Crippen LogP contribution >= 0.6 is 0 Å². The topological polar surface area (TPSA) is 26.3 Å². The van der Waals surface area contributed by atoms with Gasteiger partial charge in [0.1, 0.15) is 0 Å². The van der Waals surface area contributed by atoms with Crippen LogP contribution in [0, 0.1) is 23.2 Å². The fourth-order valence-corrected chi connectivity index (χ4v) is 4.86. The molecule has 0 aromatic heterocycles. The summed E-state index contributed by atoms with van der Waals surface area (Å²) >= 11 is 0. The minimum atomic E-state index is -0.105. The first kappa shape index (κ1) is 16.6. The van der Waals surface area contributed by atoms with Crippen molar-refractivity contribution < 1.29 is 9.53 Å². The number of hydrogen-bond donors (Lipinski definition) is 0. The van der Waals surface area contributed by atoms with Crippen LogP contribution in [0.3, 0.4) is 0 Å². The first-order valence-corrected chi connectivity index (χ1v) is 8.77. The predicted octanol–water partition coefficient (Wildman–Crippen LogP) is 5.13. The summed E-state index contributed by atoms with van der Waals surface area (Å²) in [5.41, 5.74) is 2.64. The molecule has 2 aliphatic carbocycles. The van der Waals surface area contributed by atoms with Crippen molar-refractivity contribution >= 4 is 5.97 Å². The second kappa shape index (κ2) is 6.54. The van der Waals surface area contributed by atoms with Gasteiger partial charge < -0.3 is 4.74 Å². The summed E-state index contributed by atoms with van der Waals surface area (Å²) in [4.78, 5) is 12.0. The molecule has 0 radical (unpaired) electrons. The van der Waals surface area contributed by atoms with Crippen molar-refractivity contribution in [1.82, 2.24) is 0 Å². The number of ether oxygens (including phenoxy) is 1. The van der Waals surface area contributed by atoms with E-state index in [9.17, 15) is 4.79 Å². The Hall–Kier alpha value is -0.790. The fraction of sp³-hybridized carbons (Fsp3) is 0.842. The lowest BCUT2D eigenvalue weighted by molar-refractivity contribution is -0.138. The van der Waals surface area contributed by atoms with Crippen molar-refractivity contribution in [2.24, 2.45) is 23.2 Å². The molecule has 0 amide bonds. The fourth-order valence-electron chi connectivity index (χ4n) is 4.86. The molecule has 0 saturated heterocycles. The minimum absolute atomic E-state index is 0.105. The number of fused-ring (bicyclic) bond motifs is 1. The summed E-state index contributed by atoms with van der Waals surface area (Å²) in [5.74, 6) is 2.33. The van der Waals surface area contributed by atoms with Gasteiger partial charge in [-0.05, 0) is 69.1 Å². The molecule has 2 nitrogen and oxygen atoms in total. The Kier molecular flexibility index (Phi) is 5.16. The molecule has 0 bridgehead atoms. The molecule has 0 aliphatic heterocycles. The number of hydrogen-bond acceptors (Lipinski definition) is 2.